The van der Waals surface area contributed by atoms with Crippen LogP contribution in [0.1, 0.15) is 46.1 Å². The van der Waals surface area contributed by atoms with Gasteiger partial charge in [-0.05, 0) is 51.3 Å². The van der Waals surface area contributed by atoms with Gasteiger partial charge in [-0.2, -0.15) is 0 Å². The molecule has 0 radical (unpaired) electrons. The Kier molecular flexibility index (Phi) is 7.07. The fourth-order valence-corrected chi connectivity index (χ4v) is 2.23. The lowest BCUT2D eigenvalue weighted by Crippen LogP contribution is -2.37. The lowest BCUT2D eigenvalue weighted by molar-refractivity contribution is -0.152. The van der Waals surface area contributed by atoms with Crippen molar-refractivity contribution >= 4 is 11.9 Å². The SMILES string of the molecule is CCCC(Cc1ccc(OC(C)(C)C(=O)O)cc1)C(=O)OCC. The molecule has 0 amide bonds. The first-order chi connectivity index (χ1) is 10.8. The Morgan fingerprint density at radius 2 is 1.78 bits per heavy atom. The van der Waals surface area contributed by atoms with Crippen LogP contribution < -0.4 is 4.74 Å². The molecular formula is C18H26O5. The highest BCUT2D eigenvalue weighted by Crippen LogP contribution is 2.22. The standard InChI is InChI=1S/C18H26O5/c1-5-7-14(16(19)22-6-2)12-13-8-10-15(11-9-13)23-18(3,4)17(20)21/h8-11,14H,5-7,12H2,1-4H3,(H,20,21). The summed E-state index contributed by atoms with van der Waals surface area (Å²) in [5.41, 5.74) is -0.283. The Bertz CT molecular complexity index is 519. The summed E-state index contributed by atoms with van der Waals surface area (Å²) in [6, 6.07) is 7.17. The van der Waals surface area contributed by atoms with Gasteiger partial charge in [-0.15, -0.1) is 0 Å². The second-order valence-corrected chi connectivity index (χ2v) is 6.00. The summed E-state index contributed by atoms with van der Waals surface area (Å²) in [6.45, 7) is 7.23. The number of hydrogen-bond donors (Lipinski definition) is 1. The highest BCUT2D eigenvalue weighted by Gasteiger charge is 2.29. The zero-order valence-corrected chi connectivity index (χ0v) is 14.3. The van der Waals surface area contributed by atoms with Gasteiger partial charge in [0.15, 0.2) is 5.60 Å². The highest BCUT2D eigenvalue weighted by molar-refractivity contribution is 5.76. The normalized spacial score (nSPS) is 12.5. The average molecular weight is 322 g/mol. The van der Waals surface area contributed by atoms with E-state index in [-0.39, 0.29) is 11.9 Å². The minimum Gasteiger partial charge on any atom is -0.478 e. The lowest BCUT2D eigenvalue weighted by Gasteiger charge is -2.21. The van der Waals surface area contributed by atoms with E-state index in [4.69, 9.17) is 14.6 Å². The Morgan fingerprint density at radius 1 is 1.17 bits per heavy atom. The first-order valence-corrected chi connectivity index (χ1v) is 7.98. The van der Waals surface area contributed by atoms with Gasteiger partial charge < -0.3 is 14.6 Å². The van der Waals surface area contributed by atoms with Gasteiger partial charge in [-0.3, -0.25) is 4.79 Å². The van der Waals surface area contributed by atoms with E-state index in [1.165, 1.54) is 13.8 Å². The summed E-state index contributed by atoms with van der Waals surface area (Å²) in [7, 11) is 0. The topological polar surface area (TPSA) is 72.8 Å². The predicted octanol–water partition coefficient (Wildman–Crippen LogP) is 3.45. The molecule has 1 atom stereocenters. The maximum absolute atomic E-state index is 12.0. The minimum absolute atomic E-state index is 0.151. The number of rotatable bonds is 9. The first kappa shape index (κ1) is 19.0. The zero-order valence-electron chi connectivity index (χ0n) is 14.3. The van der Waals surface area contributed by atoms with Gasteiger partial charge in [0.05, 0.1) is 12.5 Å². The monoisotopic (exact) mass is 322 g/mol. The summed E-state index contributed by atoms with van der Waals surface area (Å²) < 4.78 is 10.6. The van der Waals surface area contributed by atoms with Gasteiger partial charge >= 0.3 is 11.9 Å². The number of hydrogen-bond acceptors (Lipinski definition) is 4. The number of aliphatic carboxylic acids is 1. The van der Waals surface area contributed by atoms with Crippen LogP contribution >= 0.6 is 0 Å². The largest absolute Gasteiger partial charge is 0.478 e. The Hall–Kier alpha value is -2.04. The second-order valence-electron chi connectivity index (χ2n) is 6.00. The fourth-order valence-electron chi connectivity index (χ4n) is 2.23. The third kappa shape index (κ3) is 5.93. The number of carbonyl (C=O) groups excluding carboxylic acids is 1. The van der Waals surface area contributed by atoms with Gasteiger partial charge in [-0.1, -0.05) is 25.5 Å². The lowest BCUT2D eigenvalue weighted by atomic mass is 9.95. The van der Waals surface area contributed by atoms with Crippen LogP contribution in [0.3, 0.4) is 0 Å². The molecule has 23 heavy (non-hydrogen) atoms. The van der Waals surface area contributed by atoms with E-state index in [1.54, 1.807) is 19.1 Å². The molecule has 0 spiro atoms. The number of carboxylic acid groups (broad SMARTS) is 1. The number of benzene rings is 1. The summed E-state index contributed by atoms with van der Waals surface area (Å²) in [4.78, 5) is 23.0. The molecule has 0 bridgehead atoms. The zero-order chi connectivity index (χ0) is 17.5. The first-order valence-electron chi connectivity index (χ1n) is 7.98. The molecule has 0 aliphatic rings. The molecule has 0 aliphatic carbocycles. The number of ether oxygens (including phenoxy) is 2. The van der Waals surface area contributed by atoms with Crippen LogP contribution in [0.25, 0.3) is 0 Å². The van der Waals surface area contributed by atoms with E-state index in [1.807, 2.05) is 19.1 Å². The van der Waals surface area contributed by atoms with Crippen molar-refractivity contribution in [2.75, 3.05) is 6.61 Å². The number of carbonyl (C=O) groups is 2. The van der Waals surface area contributed by atoms with Crippen LogP contribution in [-0.4, -0.2) is 29.3 Å². The van der Waals surface area contributed by atoms with Crippen LogP contribution in [0.15, 0.2) is 24.3 Å². The maximum atomic E-state index is 12.0. The molecule has 0 aliphatic heterocycles. The average Bonchev–Trinajstić information content (AvgIpc) is 2.48. The van der Waals surface area contributed by atoms with Gasteiger partial charge in [0.25, 0.3) is 0 Å². The predicted molar refractivity (Wildman–Crippen MR) is 87.5 cm³/mol. The third-order valence-electron chi connectivity index (χ3n) is 3.55. The van der Waals surface area contributed by atoms with E-state index in [2.05, 4.69) is 0 Å². The van der Waals surface area contributed by atoms with E-state index in [0.29, 0.717) is 18.8 Å². The summed E-state index contributed by atoms with van der Waals surface area (Å²) in [5.74, 6) is -0.847. The smallest absolute Gasteiger partial charge is 0.347 e. The second kappa shape index (κ2) is 8.56. The van der Waals surface area contributed by atoms with Gasteiger partial charge in [0, 0.05) is 0 Å². The van der Waals surface area contributed by atoms with Crippen LogP contribution in [0.2, 0.25) is 0 Å². The molecule has 0 fully saturated rings. The fraction of sp³-hybridized carbons (Fsp3) is 0.556. The molecule has 1 unspecified atom stereocenters. The van der Waals surface area contributed by atoms with E-state index >= 15 is 0 Å². The van der Waals surface area contributed by atoms with E-state index < -0.39 is 11.6 Å². The van der Waals surface area contributed by atoms with E-state index in [9.17, 15) is 9.59 Å². The minimum atomic E-state index is -1.28. The molecule has 1 N–H and O–H groups in total. The Labute approximate surface area is 137 Å². The van der Waals surface area contributed by atoms with Crippen molar-refractivity contribution in [1.29, 1.82) is 0 Å². The number of esters is 1. The summed E-state index contributed by atoms with van der Waals surface area (Å²) >= 11 is 0. The molecule has 0 heterocycles. The summed E-state index contributed by atoms with van der Waals surface area (Å²) in [5, 5.41) is 9.07. The van der Waals surface area contributed by atoms with Crippen molar-refractivity contribution < 1.29 is 24.2 Å². The molecule has 1 aromatic carbocycles. The van der Waals surface area contributed by atoms with Crippen molar-refractivity contribution in [2.24, 2.45) is 5.92 Å². The van der Waals surface area contributed by atoms with Crippen LogP contribution in [0.4, 0.5) is 0 Å². The third-order valence-corrected chi connectivity index (χ3v) is 3.55. The molecule has 0 saturated carbocycles. The Morgan fingerprint density at radius 3 is 2.26 bits per heavy atom. The maximum Gasteiger partial charge on any atom is 0.347 e. The van der Waals surface area contributed by atoms with Crippen molar-refractivity contribution in [1.82, 2.24) is 0 Å². The van der Waals surface area contributed by atoms with Crippen molar-refractivity contribution in [3.05, 3.63) is 29.8 Å². The molecule has 0 aromatic heterocycles. The van der Waals surface area contributed by atoms with Gasteiger partial charge in [-0.25, -0.2) is 4.79 Å². The molecule has 0 saturated heterocycles. The quantitative estimate of drug-likeness (QED) is 0.705. The van der Waals surface area contributed by atoms with Crippen LogP contribution in [0, 0.1) is 5.92 Å². The molecular weight excluding hydrogens is 296 g/mol. The van der Waals surface area contributed by atoms with Gasteiger partial charge in [0.1, 0.15) is 5.75 Å². The molecule has 128 valence electrons. The number of carboxylic acids is 1. The molecule has 5 heteroatoms. The van der Waals surface area contributed by atoms with Crippen molar-refractivity contribution in [3.8, 4) is 5.75 Å². The summed E-state index contributed by atoms with van der Waals surface area (Å²) in [6.07, 6.45) is 2.30. The van der Waals surface area contributed by atoms with Crippen LogP contribution in [-0.2, 0) is 20.7 Å². The van der Waals surface area contributed by atoms with E-state index in [0.717, 1.165) is 18.4 Å². The highest BCUT2D eigenvalue weighted by atomic mass is 16.5. The molecule has 1 rings (SSSR count). The Balaban J connectivity index is 2.75. The molecule has 5 nitrogen and oxygen atoms in total. The van der Waals surface area contributed by atoms with Crippen molar-refractivity contribution in [3.63, 3.8) is 0 Å². The van der Waals surface area contributed by atoms with Gasteiger partial charge in [0.2, 0.25) is 0 Å². The van der Waals surface area contributed by atoms with Crippen molar-refractivity contribution in [2.45, 2.75) is 52.6 Å². The molecule has 1 aromatic rings. The van der Waals surface area contributed by atoms with Crippen LogP contribution in [0.5, 0.6) is 5.75 Å².